The van der Waals surface area contributed by atoms with Gasteiger partial charge in [0.1, 0.15) is 5.75 Å². The highest BCUT2D eigenvalue weighted by molar-refractivity contribution is 7.99. The van der Waals surface area contributed by atoms with Gasteiger partial charge >= 0.3 is 0 Å². The number of nitrogens with zero attached hydrogens (tertiary/aromatic N) is 4. The van der Waals surface area contributed by atoms with Crippen molar-refractivity contribution >= 4 is 35.5 Å². The number of rotatable bonds is 10. The molecule has 1 amide bonds. The minimum absolute atomic E-state index is 0.127. The summed E-state index contributed by atoms with van der Waals surface area (Å²) in [6.07, 6.45) is 2.55. The summed E-state index contributed by atoms with van der Waals surface area (Å²) in [4.78, 5) is 12.4. The number of amides is 1. The molecule has 9 heteroatoms. The van der Waals surface area contributed by atoms with E-state index >= 15 is 0 Å². The molecule has 0 aliphatic heterocycles. The van der Waals surface area contributed by atoms with Crippen LogP contribution in [0, 0.1) is 0 Å². The van der Waals surface area contributed by atoms with Crippen LogP contribution < -0.4 is 10.2 Å². The number of aromatic nitrogens is 3. The maximum atomic E-state index is 12.4. The highest BCUT2D eigenvalue weighted by Crippen LogP contribution is 2.28. The Morgan fingerprint density at radius 1 is 1.06 bits per heavy atom. The first-order valence-electron chi connectivity index (χ1n) is 11.1. The van der Waals surface area contributed by atoms with E-state index in [0.717, 1.165) is 29.0 Å². The quantitative estimate of drug-likeness (QED) is 0.172. The third-order valence-corrected chi connectivity index (χ3v) is 6.02. The Balaban J connectivity index is 1.42. The molecule has 0 saturated carbocycles. The van der Waals surface area contributed by atoms with Gasteiger partial charge in [-0.25, -0.2) is 5.43 Å². The number of hydrazone groups is 1. The molecule has 1 N–H and O–H groups in total. The van der Waals surface area contributed by atoms with Crippen molar-refractivity contribution in [3.8, 4) is 22.8 Å². The molecule has 0 aliphatic rings. The molecule has 0 fully saturated rings. The van der Waals surface area contributed by atoms with Gasteiger partial charge in [-0.15, -0.1) is 10.2 Å². The van der Waals surface area contributed by atoms with Crippen molar-refractivity contribution in [1.82, 2.24) is 20.2 Å². The van der Waals surface area contributed by atoms with Crippen LogP contribution in [-0.2, 0) is 4.79 Å². The maximum Gasteiger partial charge on any atom is 0.250 e. The zero-order chi connectivity index (χ0) is 24.5. The van der Waals surface area contributed by atoms with Crippen molar-refractivity contribution in [3.05, 3.63) is 89.4 Å². The minimum atomic E-state index is -0.249. The number of benzene rings is 3. The number of hydrogen-bond donors (Lipinski definition) is 1. The minimum Gasteiger partial charge on any atom is -0.494 e. The number of ether oxygens (including phenoxy) is 1. The molecular formula is C26H24ClN5O2S. The Bertz CT molecular complexity index is 1280. The van der Waals surface area contributed by atoms with E-state index in [0.29, 0.717) is 22.6 Å². The monoisotopic (exact) mass is 505 g/mol. The lowest BCUT2D eigenvalue weighted by atomic mass is 10.2. The average molecular weight is 506 g/mol. The molecule has 178 valence electrons. The predicted molar refractivity (Wildman–Crippen MR) is 140 cm³/mol. The Morgan fingerprint density at radius 3 is 2.51 bits per heavy atom. The van der Waals surface area contributed by atoms with E-state index in [4.69, 9.17) is 16.3 Å². The van der Waals surface area contributed by atoms with E-state index in [1.807, 2.05) is 83.4 Å². The molecule has 3 aromatic carbocycles. The Morgan fingerprint density at radius 2 is 1.80 bits per heavy atom. The Hall–Kier alpha value is -3.62. The first-order chi connectivity index (χ1) is 17.1. The fourth-order valence-corrected chi connectivity index (χ4v) is 4.04. The van der Waals surface area contributed by atoms with Gasteiger partial charge in [-0.3, -0.25) is 9.36 Å². The second-order valence-corrected chi connectivity index (χ2v) is 8.86. The molecule has 4 rings (SSSR count). The molecule has 0 radical (unpaired) electrons. The maximum absolute atomic E-state index is 12.4. The molecule has 0 saturated heterocycles. The van der Waals surface area contributed by atoms with E-state index in [1.165, 1.54) is 11.8 Å². The van der Waals surface area contributed by atoms with Crippen molar-refractivity contribution in [2.75, 3.05) is 12.4 Å². The second-order valence-electron chi connectivity index (χ2n) is 7.48. The number of thioether (sulfide) groups is 1. The van der Waals surface area contributed by atoms with Gasteiger partial charge in [-0.1, -0.05) is 60.6 Å². The van der Waals surface area contributed by atoms with Crippen LogP contribution in [0.15, 0.2) is 89.1 Å². The number of hydrogen-bond acceptors (Lipinski definition) is 6. The average Bonchev–Trinajstić information content (AvgIpc) is 3.32. The van der Waals surface area contributed by atoms with Gasteiger partial charge in [0, 0.05) is 16.3 Å². The van der Waals surface area contributed by atoms with E-state index in [-0.39, 0.29) is 11.7 Å². The molecule has 35 heavy (non-hydrogen) atoms. The summed E-state index contributed by atoms with van der Waals surface area (Å²) in [5, 5.41) is 14.0. The molecule has 1 heterocycles. The zero-order valence-electron chi connectivity index (χ0n) is 19.1. The highest BCUT2D eigenvalue weighted by atomic mass is 35.5. The number of halogens is 1. The van der Waals surface area contributed by atoms with Gasteiger partial charge in [0.25, 0.3) is 5.91 Å². The summed E-state index contributed by atoms with van der Waals surface area (Å²) >= 11 is 7.35. The highest BCUT2D eigenvalue weighted by Gasteiger charge is 2.17. The summed E-state index contributed by atoms with van der Waals surface area (Å²) in [7, 11) is 0. The number of carbonyl (C=O) groups is 1. The van der Waals surface area contributed by atoms with Crippen LogP contribution in [0.3, 0.4) is 0 Å². The molecule has 0 bridgehead atoms. The lowest BCUT2D eigenvalue weighted by Gasteiger charge is -2.10. The third-order valence-electron chi connectivity index (χ3n) is 4.84. The standard InChI is InChI=1S/C26H24ClN5O2S/c1-2-16-34-23-14-8-19(9-15-23)17-28-29-24(33)18-35-26-31-30-25(20-6-4-3-5-7-20)32(26)22-12-10-21(27)11-13-22/h3-15,17H,2,16,18H2,1H3,(H,29,33). The van der Waals surface area contributed by atoms with Crippen LogP contribution in [0.2, 0.25) is 5.02 Å². The lowest BCUT2D eigenvalue weighted by Crippen LogP contribution is -2.20. The third kappa shape index (κ3) is 6.71. The van der Waals surface area contributed by atoms with E-state index in [9.17, 15) is 4.79 Å². The predicted octanol–water partition coefficient (Wildman–Crippen LogP) is 5.62. The van der Waals surface area contributed by atoms with Crippen molar-refractivity contribution < 1.29 is 9.53 Å². The van der Waals surface area contributed by atoms with Crippen LogP contribution in [-0.4, -0.2) is 39.2 Å². The van der Waals surface area contributed by atoms with Gasteiger partial charge in [-0.2, -0.15) is 5.10 Å². The fourth-order valence-electron chi connectivity index (χ4n) is 3.17. The molecule has 1 aromatic heterocycles. The SMILES string of the molecule is CCCOc1ccc(C=NNC(=O)CSc2nnc(-c3ccccc3)n2-c2ccc(Cl)cc2)cc1. The zero-order valence-corrected chi connectivity index (χ0v) is 20.7. The number of carbonyl (C=O) groups excluding carboxylic acids is 1. The summed E-state index contributed by atoms with van der Waals surface area (Å²) in [5.74, 6) is 1.37. The summed E-state index contributed by atoms with van der Waals surface area (Å²) in [6, 6.07) is 24.7. The molecular weight excluding hydrogens is 482 g/mol. The molecule has 0 unspecified atom stereocenters. The van der Waals surface area contributed by atoms with E-state index in [2.05, 4.69) is 27.6 Å². The van der Waals surface area contributed by atoms with Crippen LogP contribution in [0.25, 0.3) is 17.1 Å². The van der Waals surface area contributed by atoms with Crippen molar-refractivity contribution in [3.63, 3.8) is 0 Å². The molecule has 0 spiro atoms. The van der Waals surface area contributed by atoms with Gasteiger partial charge in [0.2, 0.25) is 0 Å². The summed E-state index contributed by atoms with van der Waals surface area (Å²) in [5.41, 5.74) is 5.19. The van der Waals surface area contributed by atoms with Crippen LogP contribution in [0.5, 0.6) is 5.75 Å². The first kappa shape index (κ1) is 24.5. The summed E-state index contributed by atoms with van der Waals surface area (Å²) < 4.78 is 7.48. The van der Waals surface area contributed by atoms with Gasteiger partial charge < -0.3 is 4.74 Å². The topological polar surface area (TPSA) is 81.4 Å². The molecule has 0 atom stereocenters. The largest absolute Gasteiger partial charge is 0.494 e. The van der Waals surface area contributed by atoms with Gasteiger partial charge in [0.05, 0.1) is 18.6 Å². The van der Waals surface area contributed by atoms with Crippen molar-refractivity contribution in [1.29, 1.82) is 0 Å². The normalized spacial score (nSPS) is 11.0. The number of nitrogens with one attached hydrogen (secondary N) is 1. The second kappa shape index (κ2) is 12.2. The lowest BCUT2D eigenvalue weighted by molar-refractivity contribution is -0.118. The van der Waals surface area contributed by atoms with E-state index in [1.54, 1.807) is 6.21 Å². The smallest absolute Gasteiger partial charge is 0.250 e. The van der Waals surface area contributed by atoms with Crippen molar-refractivity contribution in [2.45, 2.75) is 18.5 Å². The van der Waals surface area contributed by atoms with Crippen LogP contribution in [0.4, 0.5) is 0 Å². The fraction of sp³-hybridized carbons (Fsp3) is 0.154. The van der Waals surface area contributed by atoms with Crippen molar-refractivity contribution in [2.24, 2.45) is 5.10 Å². The van der Waals surface area contributed by atoms with Crippen LogP contribution in [0.1, 0.15) is 18.9 Å². The molecule has 0 aliphatic carbocycles. The van der Waals surface area contributed by atoms with Gasteiger partial charge in [-0.05, 0) is 60.5 Å². The van der Waals surface area contributed by atoms with E-state index < -0.39 is 0 Å². The van der Waals surface area contributed by atoms with Gasteiger partial charge in [0.15, 0.2) is 11.0 Å². The first-order valence-corrected chi connectivity index (χ1v) is 12.4. The summed E-state index contributed by atoms with van der Waals surface area (Å²) in [6.45, 7) is 2.74. The van der Waals surface area contributed by atoms with Crippen LogP contribution >= 0.6 is 23.4 Å². The Labute approximate surface area is 213 Å². The molecule has 4 aromatic rings. The Kier molecular flexibility index (Phi) is 8.53. The molecule has 7 nitrogen and oxygen atoms in total.